The SMILES string of the molecule is COC(=O)c1cccnc1Sc1c(Cl)ccc(Br)c1C=O. The standard InChI is InChI=1S/C14H9BrClNO3S/c1-20-14(19)8-3-2-6-17-13(8)21-12-9(7-18)10(15)4-5-11(12)16/h2-7H,1H3. The second-order valence-corrected chi connectivity index (χ2v) is 6.10. The van der Waals surface area contributed by atoms with E-state index < -0.39 is 5.97 Å². The number of hydrogen-bond donors (Lipinski definition) is 0. The normalized spacial score (nSPS) is 10.2. The van der Waals surface area contributed by atoms with E-state index in [1.54, 1.807) is 30.5 Å². The molecule has 0 saturated carbocycles. The Morgan fingerprint density at radius 3 is 2.86 bits per heavy atom. The summed E-state index contributed by atoms with van der Waals surface area (Å²) in [5.41, 5.74) is 0.729. The van der Waals surface area contributed by atoms with Crippen LogP contribution in [0.2, 0.25) is 5.02 Å². The Kier molecular flexibility index (Phi) is 5.39. The molecule has 1 aromatic carbocycles. The van der Waals surface area contributed by atoms with Crippen LogP contribution in [0.25, 0.3) is 0 Å². The van der Waals surface area contributed by atoms with Crippen molar-refractivity contribution >= 4 is 51.5 Å². The highest BCUT2D eigenvalue weighted by molar-refractivity contribution is 9.10. The second-order valence-electron chi connectivity index (χ2n) is 3.84. The molecule has 1 heterocycles. The van der Waals surface area contributed by atoms with Crippen molar-refractivity contribution in [3.05, 3.63) is 51.1 Å². The van der Waals surface area contributed by atoms with E-state index in [0.29, 0.717) is 36.8 Å². The quantitative estimate of drug-likeness (QED) is 0.581. The van der Waals surface area contributed by atoms with Gasteiger partial charge in [-0.15, -0.1) is 0 Å². The Balaban J connectivity index is 2.51. The lowest BCUT2D eigenvalue weighted by Crippen LogP contribution is -2.04. The maximum absolute atomic E-state index is 11.7. The van der Waals surface area contributed by atoms with Crippen molar-refractivity contribution in [2.24, 2.45) is 0 Å². The first-order valence-corrected chi connectivity index (χ1v) is 7.71. The molecule has 0 atom stereocenters. The van der Waals surface area contributed by atoms with Gasteiger partial charge in [-0.1, -0.05) is 39.3 Å². The molecule has 0 aliphatic heterocycles. The van der Waals surface area contributed by atoms with E-state index in [1.807, 2.05) is 0 Å². The Labute approximate surface area is 139 Å². The molecule has 108 valence electrons. The summed E-state index contributed by atoms with van der Waals surface area (Å²) >= 11 is 10.6. The summed E-state index contributed by atoms with van der Waals surface area (Å²) in [5.74, 6) is -0.496. The first-order chi connectivity index (χ1) is 10.1. The van der Waals surface area contributed by atoms with Gasteiger partial charge in [-0.3, -0.25) is 4.79 Å². The summed E-state index contributed by atoms with van der Waals surface area (Å²) < 4.78 is 5.35. The first kappa shape index (κ1) is 16.0. The van der Waals surface area contributed by atoms with E-state index in [0.717, 1.165) is 11.8 Å². The number of hydrogen-bond acceptors (Lipinski definition) is 5. The van der Waals surface area contributed by atoms with E-state index in [4.69, 9.17) is 16.3 Å². The molecule has 1 aromatic heterocycles. The van der Waals surface area contributed by atoms with E-state index in [1.165, 1.54) is 7.11 Å². The van der Waals surface area contributed by atoms with Crippen LogP contribution in [-0.4, -0.2) is 24.3 Å². The highest BCUT2D eigenvalue weighted by atomic mass is 79.9. The van der Waals surface area contributed by atoms with Gasteiger partial charge in [-0.2, -0.15) is 0 Å². The van der Waals surface area contributed by atoms with Gasteiger partial charge < -0.3 is 4.74 Å². The van der Waals surface area contributed by atoms with Gasteiger partial charge in [0.2, 0.25) is 0 Å². The summed E-state index contributed by atoms with van der Waals surface area (Å²) in [5, 5.41) is 0.833. The number of halogens is 2. The minimum absolute atomic E-state index is 0.317. The predicted octanol–water partition coefficient (Wildman–Crippen LogP) is 4.25. The van der Waals surface area contributed by atoms with Crippen LogP contribution in [0.15, 0.2) is 44.9 Å². The third kappa shape index (κ3) is 3.45. The molecular weight excluding hydrogens is 378 g/mol. The first-order valence-electron chi connectivity index (χ1n) is 5.72. The summed E-state index contributed by atoms with van der Waals surface area (Å²) in [4.78, 5) is 27.7. The minimum Gasteiger partial charge on any atom is -0.465 e. The van der Waals surface area contributed by atoms with Crippen molar-refractivity contribution in [1.82, 2.24) is 4.98 Å². The Morgan fingerprint density at radius 1 is 1.43 bits per heavy atom. The molecular formula is C14H9BrClNO3S. The highest BCUT2D eigenvalue weighted by Gasteiger charge is 2.18. The van der Waals surface area contributed by atoms with Crippen molar-refractivity contribution in [3.63, 3.8) is 0 Å². The van der Waals surface area contributed by atoms with Crippen LogP contribution in [0.4, 0.5) is 0 Å². The summed E-state index contributed by atoms with van der Waals surface area (Å²) in [7, 11) is 1.30. The van der Waals surface area contributed by atoms with Crippen LogP contribution < -0.4 is 0 Å². The maximum atomic E-state index is 11.7. The molecule has 0 spiro atoms. The van der Waals surface area contributed by atoms with Crippen LogP contribution in [0.5, 0.6) is 0 Å². The lowest BCUT2D eigenvalue weighted by molar-refractivity contribution is 0.0595. The third-order valence-corrected chi connectivity index (χ3v) is 4.87. The van der Waals surface area contributed by atoms with Gasteiger partial charge in [-0.05, 0) is 24.3 Å². The van der Waals surface area contributed by atoms with E-state index in [9.17, 15) is 9.59 Å². The monoisotopic (exact) mass is 385 g/mol. The zero-order chi connectivity index (χ0) is 15.4. The molecule has 4 nitrogen and oxygen atoms in total. The lowest BCUT2D eigenvalue weighted by atomic mass is 10.2. The number of pyridine rings is 1. The number of esters is 1. The van der Waals surface area contributed by atoms with Crippen LogP contribution in [0, 0.1) is 0 Å². The molecule has 0 aliphatic carbocycles. The topological polar surface area (TPSA) is 56.3 Å². The number of methoxy groups -OCH3 is 1. The number of carbonyl (C=O) groups is 2. The predicted molar refractivity (Wildman–Crippen MR) is 84.2 cm³/mol. The molecule has 0 fully saturated rings. The third-order valence-electron chi connectivity index (χ3n) is 2.59. The maximum Gasteiger partial charge on any atom is 0.340 e. The number of rotatable bonds is 4. The van der Waals surface area contributed by atoms with Crippen molar-refractivity contribution < 1.29 is 14.3 Å². The minimum atomic E-state index is -0.496. The zero-order valence-electron chi connectivity index (χ0n) is 10.8. The molecule has 0 aliphatic rings. The number of benzene rings is 1. The largest absolute Gasteiger partial charge is 0.465 e. The molecule has 0 saturated heterocycles. The average molecular weight is 387 g/mol. The fourth-order valence-corrected chi connectivity index (χ4v) is 3.43. The Morgan fingerprint density at radius 2 is 2.19 bits per heavy atom. The van der Waals surface area contributed by atoms with Gasteiger partial charge >= 0.3 is 5.97 Å². The van der Waals surface area contributed by atoms with Crippen molar-refractivity contribution in [2.45, 2.75) is 9.92 Å². The van der Waals surface area contributed by atoms with Gasteiger partial charge in [0.05, 0.1) is 17.7 Å². The number of nitrogens with zero attached hydrogens (tertiary/aromatic N) is 1. The van der Waals surface area contributed by atoms with Gasteiger partial charge in [0.1, 0.15) is 5.03 Å². The van der Waals surface area contributed by atoms with Crippen molar-refractivity contribution in [2.75, 3.05) is 7.11 Å². The van der Waals surface area contributed by atoms with Crippen LogP contribution in [0.3, 0.4) is 0 Å². The fraction of sp³-hybridized carbons (Fsp3) is 0.0714. The van der Waals surface area contributed by atoms with Crippen molar-refractivity contribution in [1.29, 1.82) is 0 Å². The Bertz CT molecular complexity index is 709. The Hall–Kier alpha value is -1.37. The molecule has 21 heavy (non-hydrogen) atoms. The molecule has 2 aromatic rings. The fourth-order valence-electron chi connectivity index (χ4n) is 1.60. The second kappa shape index (κ2) is 7.06. The number of carbonyl (C=O) groups excluding carboxylic acids is 2. The molecule has 2 rings (SSSR count). The lowest BCUT2D eigenvalue weighted by Gasteiger charge is -2.10. The molecule has 0 unspecified atom stereocenters. The molecule has 0 amide bonds. The van der Waals surface area contributed by atoms with Crippen molar-refractivity contribution in [3.8, 4) is 0 Å². The molecule has 0 radical (unpaired) electrons. The molecule has 0 N–H and O–H groups in total. The molecule has 7 heteroatoms. The van der Waals surface area contributed by atoms with Gasteiger partial charge in [0, 0.05) is 21.1 Å². The van der Waals surface area contributed by atoms with Gasteiger partial charge in [0.25, 0.3) is 0 Å². The highest BCUT2D eigenvalue weighted by Crippen LogP contribution is 2.38. The number of aldehydes is 1. The number of ether oxygens (including phenoxy) is 1. The smallest absolute Gasteiger partial charge is 0.340 e. The van der Waals surface area contributed by atoms with E-state index >= 15 is 0 Å². The van der Waals surface area contributed by atoms with Crippen LogP contribution in [0.1, 0.15) is 20.7 Å². The number of aromatic nitrogens is 1. The van der Waals surface area contributed by atoms with Crippen LogP contribution >= 0.6 is 39.3 Å². The average Bonchev–Trinajstić information content (AvgIpc) is 2.51. The van der Waals surface area contributed by atoms with E-state index in [-0.39, 0.29) is 0 Å². The summed E-state index contributed by atoms with van der Waals surface area (Å²) in [6.07, 6.45) is 2.26. The summed E-state index contributed by atoms with van der Waals surface area (Å²) in [6, 6.07) is 6.60. The van der Waals surface area contributed by atoms with E-state index in [2.05, 4.69) is 20.9 Å². The molecule has 0 bridgehead atoms. The van der Waals surface area contributed by atoms with Crippen LogP contribution in [-0.2, 0) is 4.74 Å². The zero-order valence-corrected chi connectivity index (χ0v) is 14.0. The van der Waals surface area contributed by atoms with Gasteiger partial charge in [0.15, 0.2) is 6.29 Å². The van der Waals surface area contributed by atoms with Gasteiger partial charge in [-0.25, -0.2) is 9.78 Å². The summed E-state index contributed by atoms with van der Waals surface area (Å²) in [6.45, 7) is 0.